The van der Waals surface area contributed by atoms with Gasteiger partial charge in [-0.1, -0.05) is 60.6 Å². The molecule has 0 aliphatic carbocycles. The number of nitrogens with zero attached hydrogens (tertiary/aromatic N) is 3. The highest BCUT2D eigenvalue weighted by Gasteiger charge is 2.15. The maximum atomic E-state index is 11.8. The highest BCUT2D eigenvalue weighted by Crippen LogP contribution is 2.25. The first kappa shape index (κ1) is 19.5. The van der Waals surface area contributed by atoms with Gasteiger partial charge in [0.25, 0.3) is 0 Å². The Morgan fingerprint density at radius 3 is 2.71 bits per heavy atom. The average molecular weight is 389 g/mol. The number of carboxylic acid groups (broad SMARTS) is 1. The summed E-state index contributed by atoms with van der Waals surface area (Å²) in [4.78, 5) is 16.4. The first-order valence-corrected chi connectivity index (χ1v) is 9.27. The standard InChI is InChI=1S/C22H19N3O2S/c1-2-3-12-25-21(23-20(24-25)11-13-28)15-16-9-10-18(19(14-16)22(26)27)17-7-5-4-6-8-17/h4-10,13-14H,11-12,15H2,1H3,(H,26,27). The molecule has 5 nitrogen and oxygen atoms in total. The van der Waals surface area contributed by atoms with Gasteiger partial charge in [0.15, 0.2) is 5.82 Å². The van der Waals surface area contributed by atoms with Crippen molar-refractivity contribution in [3.63, 3.8) is 0 Å². The Balaban J connectivity index is 1.96. The van der Waals surface area contributed by atoms with Crippen LogP contribution < -0.4 is 0 Å². The zero-order valence-electron chi connectivity index (χ0n) is 15.4. The second-order valence-electron chi connectivity index (χ2n) is 6.13. The number of aromatic nitrogens is 3. The van der Waals surface area contributed by atoms with Crippen LogP contribution in [0.1, 0.15) is 34.5 Å². The van der Waals surface area contributed by atoms with Crippen LogP contribution in [0.2, 0.25) is 0 Å². The largest absolute Gasteiger partial charge is 0.478 e. The molecule has 0 radical (unpaired) electrons. The Bertz CT molecular complexity index is 1060. The lowest BCUT2D eigenvalue weighted by molar-refractivity contribution is 0.0697. The molecule has 140 valence electrons. The third-order valence-electron chi connectivity index (χ3n) is 4.23. The summed E-state index contributed by atoms with van der Waals surface area (Å²) in [6.45, 7) is 2.21. The van der Waals surface area contributed by atoms with Gasteiger partial charge in [0.2, 0.25) is 0 Å². The molecule has 0 fully saturated rings. The number of rotatable bonds is 7. The lowest BCUT2D eigenvalue weighted by atomic mass is 9.96. The van der Waals surface area contributed by atoms with Gasteiger partial charge in [-0.25, -0.2) is 14.5 Å². The molecule has 2 aromatic carbocycles. The fourth-order valence-corrected chi connectivity index (χ4v) is 3.08. The highest BCUT2D eigenvalue weighted by atomic mass is 32.1. The monoisotopic (exact) mass is 389 g/mol. The molecule has 0 atom stereocenters. The van der Waals surface area contributed by atoms with Crippen molar-refractivity contribution in [1.29, 1.82) is 0 Å². The second kappa shape index (κ2) is 9.07. The molecule has 0 aliphatic rings. The van der Waals surface area contributed by atoms with Crippen LogP contribution >= 0.6 is 12.2 Å². The molecule has 0 bridgehead atoms. The summed E-state index contributed by atoms with van der Waals surface area (Å²) in [7, 11) is 0. The predicted molar refractivity (Wildman–Crippen MR) is 112 cm³/mol. The van der Waals surface area contributed by atoms with Crippen LogP contribution in [0.4, 0.5) is 0 Å². The Morgan fingerprint density at radius 2 is 2.04 bits per heavy atom. The quantitative estimate of drug-likeness (QED) is 0.492. The smallest absolute Gasteiger partial charge is 0.336 e. The maximum Gasteiger partial charge on any atom is 0.336 e. The van der Waals surface area contributed by atoms with Gasteiger partial charge in [-0.3, -0.25) is 0 Å². The van der Waals surface area contributed by atoms with Crippen molar-refractivity contribution in [2.45, 2.75) is 26.3 Å². The fraction of sp³-hybridized carbons (Fsp3) is 0.182. The number of hydrogen-bond donors (Lipinski definition) is 1. The van der Waals surface area contributed by atoms with E-state index in [9.17, 15) is 9.90 Å². The number of carbonyl (C=O) groups is 1. The van der Waals surface area contributed by atoms with E-state index in [0.29, 0.717) is 30.8 Å². The molecular formula is C22H19N3O2S. The zero-order valence-corrected chi connectivity index (χ0v) is 16.2. The maximum absolute atomic E-state index is 11.8. The van der Waals surface area contributed by atoms with Crippen LogP contribution in [-0.4, -0.2) is 31.2 Å². The van der Waals surface area contributed by atoms with Crippen LogP contribution in [0.15, 0.2) is 48.5 Å². The lowest BCUT2D eigenvalue weighted by Gasteiger charge is -2.09. The van der Waals surface area contributed by atoms with Gasteiger partial charge in [-0.15, -0.1) is 5.92 Å². The number of carboxylic acids is 1. The minimum absolute atomic E-state index is 0.266. The summed E-state index contributed by atoms with van der Waals surface area (Å²) in [5.74, 6) is 6.26. The zero-order chi connectivity index (χ0) is 19.9. The van der Waals surface area contributed by atoms with Crippen molar-refractivity contribution in [3.05, 3.63) is 71.3 Å². The molecule has 1 aromatic heterocycles. The first-order valence-electron chi connectivity index (χ1n) is 8.80. The molecule has 0 spiro atoms. The van der Waals surface area contributed by atoms with Gasteiger partial charge >= 0.3 is 5.97 Å². The molecule has 0 saturated carbocycles. The van der Waals surface area contributed by atoms with Crippen LogP contribution in [-0.2, 0) is 19.4 Å². The molecule has 1 heterocycles. The molecule has 3 rings (SSSR count). The number of aromatic carboxylic acids is 1. The molecule has 3 aromatic rings. The minimum Gasteiger partial charge on any atom is -0.478 e. The lowest BCUT2D eigenvalue weighted by Crippen LogP contribution is -2.07. The van der Waals surface area contributed by atoms with Crippen molar-refractivity contribution in [3.8, 4) is 23.0 Å². The third-order valence-corrected chi connectivity index (χ3v) is 4.39. The molecule has 0 aliphatic heterocycles. The number of thiocarbonyl (C=S) groups is 1. The molecule has 0 unspecified atom stereocenters. The Hall–Kier alpha value is -3.30. The fourth-order valence-electron chi connectivity index (χ4n) is 2.93. The summed E-state index contributed by atoms with van der Waals surface area (Å²) in [5.41, 5.74) is 2.68. The van der Waals surface area contributed by atoms with Crippen molar-refractivity contribution < 1.29 is 9.90 Å². The van der Waals surface area contributed by atoms with Crippen molar-refractivity contribution >= 4 is 23.6 Å². The number of benzene rings is 2. The molecular weight excluding hydrogens is 370 g/mol. The third kappa shape index (κ3) is 4.51. The minimum atomic E-state index is -0.958. The van der Waals surface area contributed by atoms with Gasteiger partial charge in [-0.05, 0) is 35.0 Å². The van der Waals surface area contributed by atoms with Gasteiger partial charge < -0.3 is 5.11 Å². The molecule has 6 heteroatoms. The van der Waals surface area contributed by atoms with E-state index in [2.05, 4.69) is 21.9 Å². The normalized spacial score (nSPS) is 10.2. The van der Waals surface area contributed by atoms with Crippen LogP contribution in [0.25, 0.3) is 11.1 Å². The Morgan fingerprint density at radius 1 is 1.25 bits per heavy atom. The Kier molecular flexibility index (Phi) is 6.30. The van der Waals surface area contributed by atoms with E-state index in [-0.39, 0.29) is 5.56 Å². The van der Waals surface area contributed by atoms with E-state index in [4.69, 9.17) is 12.2 Å². The van der Waals surface area contributed by atoms with Crippen LogP contribution in [0.3, 0.4) is 0 Å². The second-order valence-corrected chi connectivity index (χ2v) is 6.46. The van der Waals surface area contributed by atoms with Crippen molar-refractivity contribution in [2.75, 3.05) is 0 Å². The van der Waals surface area contributed by atoms with E-state index >= 15 is 0 Å². The molecule has 0 saturated heterocycles. The summed E-state index contributed by atoms with van der Waals surface area (Å²) in [5, 5.41) is 15.7. The van der Waals surface area contributed by atoms with Gasteiger partial charge in [0, 0.05) is 12.8 Å². The summed E-state index contributed by atoms with van der Waals surface area (Å²) >= 11 is 4.90. The van der Waals surface area contributed by atoms with E-state index < -0.39 is 5.97 Å². The van der Waals surface area contributed by atoms with Gasteiger partial charge in [-0.2, -0.15) is 5.10 Å². The van der Waals surface area contributed by atoms with Gasteiger partial charge in [0.05, 0.1) is 5.56 Å². The van der Waals surface area contributed by atoms with Gasteiger partial charge in [0.1, 0.15) is 12.4 Å². The predicted octanol–water partition coefficient (Wildman–Crippen LogP) is 3.80. The Labute approximate surface area is 169 Å². The van der Waals surface area contributed by atoms with E-state index in [0.717, 1.165) is 17.0 Å². The van der Waals surface area contributed by atoms with Crippen molar-refractivity contribution in [2.24, 2.45) is 0 Å². The van der Waals surface area contributed by atoms with Crippen LogP contribution in [0.5, 0.6) is 0 Å². The van der Waals surface area contributed by atoms with E-state index in [1.807, 2.05) is 42.5 Å². The summed E-state index contributed by atoms with van der Waals surface area (Å²) in [6, 6.07) is 15.0. The van der Waals surface area contributed by atoms with Crippen LogP contribution in [0, 0.1) is 11.8 Å². The number of hydrogen-bond acceptors (Lipinski definition) is 4. The summed E-state index contributed by atoms with van der Waals surface area (Å²) < 4.78 is 1.75. The topological polar surface area (TPSA) is 68.0 Å². The average Bonchev–Trinajstić information content (AvgIpc) is 3.08. The highest BCUT2D eigenvalue weighted by molar-refractivity contribution is 7.78. The summed E-state index contributed by atoms with van der Waals surface area (Å²) in [6.07, 6.45) is 0.966. The van der Waals surface area contributed by atoms with E-state index in [1.165, 1.54) is 0 Å². The SMILES string of the molecule is CC#CCn1nc(CC=S)nc1Cc1ccc(-c2ccccc2)c(C(=O)O)c1. The molecule has 0 amide bonds. The van der Waals surface area contributed by atoms with E-state index in [1.54, 1.807) is 23.0 Å². The van der Waals surface area contributed by atoms with Crippen molar-refractivity contribution in [1.82, 2.24) is 14.8 Å². The molecule has 28 heavy (non-hydrogen) atoms. The molecule has 1 N–H and O–H groups in total. The first-order chi connectivity index (χ1) is 13.6.